The summed E-state index contributed by atoms with van der Waals surface area (Å²) in [7, 11) is 0. The molecule has 2 heterocycles. The highest BCUT2D eigenvalue weighted by molar-refractivity contribution is 8.01. The van der Waals surface area contributed by atoms with Crippen LogP contribution in [0.4, 0.5) is 16.5 Å². The van der Waals surface area contributed by atoms with Gasteiger partial charge in [-0.3, -0.25) is 4.79 Å². The smallest absolute Gasteiger partial charge is 0.234 e. The van der Waals surface area contributed by atoms with Gasteiger partial charge in [-0.15, -0.1) is 10.2 Å². The molecule has 0 saturated heterocycles. The van der Waals surface area contributed by atoms with E-state index in [1.165, 1.54) is 28.7 Å². The Hall–Kier alpha value is -2.49. The molecule has 29 heavy (non-hydrogen) atoms. The number of thioether (sulfide) groups is 1. The van der Waals surface area contributed by atoms with Crippen molar-refractivity contribution in [1.29, 1.82) is 0 Å². The van der Waals surface area contributed by atoms with Gasteiger partial charge in [0, 0.05) is 17.8 Å². The summed E-state index contributed by atoms with van der Waals surface area (Å²) in [6.07, 6.45) is 0. The van der Waals surface area contributed by atoms with Crippen LogP contribution in [0, 0.1) is 13.8 Å². The first-order valence-corrected chi connectivity index (χ1v) is 10.9. The molecule has 3 aromatic rings. The molecule has 0 saturated carbocycles. The normalized spacial score (nSPS) is 12.1. The van der Waals surface area contributed by atoms with Gasteiger partial charge >= 0.3 is 0 Å². The lowest BCUT2D eigenvalue weighted by molar-refractivity contribution is -0.113. The van der Waals surface area contributed by atoms with Crippen molar-refractivity contribution in [3.05, 3.63) is 46.5 Å². The van der Waals surface area contributed by atoms with Crippen LogP contribution in [0.3, 0.4) is 0 Å². The third kappa shape index (κ3) is 4.58. The van der Waals surface area contributed by atoms with Crippen molar-refractivity contribution in [2.24, 2.45) is 0 Å². The van der Waals surface area contributed by atoms with Crippen LogP contribution in [0.15, 0.2) is 34.7 Å². The van der Waals surface area contributed by atoms with Crippen LogP contribution in [0.5, 0.6) is 11.5 Å². The van der Waals surface area contributed by atoms with E-state index in [4.69, 9.17) is 21.1 Å². The lowest BCUT2D eigenvalue weighted by Gasteiger charge is -2.08. The number of nitrogens with one attached hydrogen (secondary N) is 2. The Labute approximate surface area is 180 Å². The number of halogens is 1. The average molecular weight is 449 g/mol. The molecule has 2 N–H and O–H groups in total. The van der Waals surface area contributed by atoms with E-state index in [1.54, 1.807) is 12.1 Å². The summed E-state index contributed by atoms with van der Waals surface area (Å²) in [6.45, 7) is 4.27. The number of carbonyl (C=O) groups excluding carboxylic acids is 1. The maximum absolute atomic E-state index is 12.3. The number of anilines is 3. The third-order valence-corrected chi connectivity index (χ3v) is 6.60. The van der Waals surface area contributed by atoms with Gasteiger partial charge in [0.15, 0.2) is 15.8 Å². The first-order chi connectivity index (χ1) is 14.0. The van der Waals surface area contributed by atoms with E-state index in [-0.39, 0.29) is 18.5 Å². The van der Waals surface area contributed by atoms with Crippen molar-refractivity contribution in [1.82, 2.24) is 10.2 Å². The molecule has 0 unspecified atom stereocenters. The molecule has 0 spiro atoms. The van der Waals surface area contributed by atoms with E-state index in [1.807, 2.05) is 12.1 Å². The molecular formula is C19H17ClN4O3S2. The minimum atomic E-state index is -0.199. The van der Waals surface area contributed by atoms with Gasteiger partial charge in [-0.05, 0) is 31.0 Å². The quantitative estimate of drug-likeness (QED) is 0.512. The highest BCUT2D eigenvalue weighted by Gasteiger charge is 2.18. The number of hydrogen-bond donors (Lipinski definition) is 2. The van der Waals surface area contributed by atoms with Crippen LogP contribution in [0.25, 0.3) is 0 Å². The molecule has 0 fully saturated rings. The van der Waals surface area contributed by atoms with Gasteiger partial charge in [-0.2, -0.15) is 0 Å². The Balaban J connectivity index is 1.34. The average Bonchev–Trinajstić information content (AvgIpc) is 3.33. The van der Waals surface area contributed by atoms with Crippen LogP contribution in [-0.2, 0) is 4.79 Å². The number of aromatic nitrogens is 2. The second-order valence-corrected chi connectivity index (χ2v) is 8.87. The fourth-order valence-electron chi connectivity index (χ4n) is 2.65. The van der Waals surface area contributed by atoms with Crippen molar-refractivity contribution in [2.75, 3.05) is 23.2 Å². The van der Waals surface area contributed by atoms with E-state index in [0.29, 0.717) is 31.7 Å². The zero-order chi connectivity index (χ0) is 20.4. The summed E-state index contributed by atoms with van der Waals surface area (Å²) in [4.78, 5) is 12.3. The minimum absolute atomic E-state index is 0.147. The van der Waals surface area contributed by atoms with Crippen LogP contribution < -0.4 is 20.1 Å². The molecular weight excluding hydrogens is 432 g/mol. The summed E-state index contributed by atoms with van der Waals surface area (Å²) >= 11 is 8.90. The van der Waals surface area contributed by atoms with Crippen LogP contribution in [0.1, 0.15) is 11.1 Å². The molecule has 7 nitrogen and oxygen atoms in total. The number of nitrogens with zero attached hydrogens (tertiary/aromatic N) is 2. The largest absolute Gasteiger partial charge is 0.454 e. The molecule has 0 radical (unpaired) electrons. The molecule has 10 heteroatoms. The van der Waals surface area contributed by atoms with Gasteiger partial charge in [0.1, 0.15) is 0 Å². The van der Waals surface area contributed by atoms with Crippen molar-refractivity contribution in [3.63, 3.8) is 0 Å². The number of hydrogen-bond acceptors (Lipinski definition) is 8. The van der Waals surface area contributed by atoms with Crippen LogP contribution >= 0.6 is 34.7 Å². The molecule has 1 aliphatic rings. The van der Waals surface area contributed by atoms with Gasteiger partial charge in [-0.1, -0.05) is 46.8 Å². The first-order valence-electron chi connectivity index (χ1n) is 8.68. The maximum Gasteiger partial charge on any atom is 0.234 e. The van der Waals surface area contributed by atoms with E-state index in [9.17, 15) is 4.79 Å². The lowest BCUT2D eigenvalue weighted by Crippen LogP contribution is -2.14. The summed E-state index contributed by atoms with van der Waals surface area (Å²) in [5.41, 5.74) is 3.84. The second kappa shape index (κ2) is 8.48. The summed E-state index contributed by atoms with van der Waals surface area (Å²) in [5, 5.41) is 15.4. The molecule has 2 aromatic carbocycles. The Kier molecular flexibility index (Phi) is 5.79. The predicted octanol–water partition coefficient (Wildman–Crippen LogP) is 5.01. The number of carbonyl (C=O) groups is 1. The standard InChI is InChI=1S/C19H17ClN4O3S2/c1-10-4-3-5-13(11(10)2)22-18-23-24-19(29-18)28-8-17(25)21-14-7-16-15(6-12(14)20)26-9-27-16/h3-7H,8-9H2,1-2H3,(H,21,25)(H,22,23). The topological polar surface area (TPSA) is 85.4 Å². The van der Waals surface area contributed by atoms with Crippen LogP contribution in [0.2, 0.25) is 5.02 Å². The van der Waals surface area contributed by atoms with Crippen molar-refractivity contribution in [3.8, 4) is 11.5 Å². The fraction of sp³-hybridized carbons (Fsp3) is 0.211. The summed E-state index contributed by atoms with van der Waals surface area (Å²) in [6, 6.07) is 9.34. The van der Waals surface area contributed by atoms with E-state index in [0.717, 1.165) is 11.3 Å². The van der Waals surface area contributed by atoms with Crippen molar-refractivity contribution >= 4 is 57.1 Å². The highest BCUT2D eigenvalue weighted by atomic mass is 35.5. The van der Waals surface area contributed by atoms with Gasteiger partial charge in [0.2, 0.25) is 17.8 Å². The first kappa shape index (κ1) is 19.8. The highest BCUT2D eigenvalue weighted by Crippen LogP contribution is 2.39. The molecule has 0 bridgehead atoms. The number of ether oxygens (including phenoxy) is 2. The summed E-state index contributed by atoms with van der Waals surface area (Å²) in [5.74, 6) is 1.11. The molecule has 0 atom stereocenters. The zero-order valence-electron chi connectivity index (χ0n) is 15.6. The number of amides is 1. The lowest BCUT2D eigenvalue weighted by atomic mass is 10.1. The van der Waals surface area contributed by atoms with E-state index >= 15 is 0 Å². The van der Waals surface area contributed by atoms with Crippen molar-refractivity contribution < 1.29 is 14.3 Å². The fourth-order valence-corrected chi connectivity index (χ4v) is 4.41. The third-order valence-electron chi connectivity index (χ3n) is 4.32. The molecule has 1 aromatic heterocycles. The molecule has 150 valence electrons. The molecule has 0 aliphatic carbocycles. The van der Waals surface area contributed by atoms with Crippen LogP contribution in [-0.4, -0.2) is 28.7 Å². The van der Waals surface area contributed by atoms with E-state index < -0.39 is 0 Å². The second-order valence-electron chi connectivity index (χ2n) is 6.27. The van der Waals surface area contributed by atoms with Gasteiger partial charge in [0.05, 0.1) is 16.5 Å². The predicted molar refractivity (Wildman–Crippen MR) is 116 cm³/mol. The van der Waals surface area contributed by atoms with Gasteiger partial charge in [-0.25, -0.2) is 0 Å². The molecule has 1 amide bonds. The SMILES string of the molecule is Cc1cccc(Nc2nnc(SCC(=O)Nc3cc4c(cc3Cl)OCO4)s2)c1C. The van der Waals surface area contributed by atoms with Gasteiger partial charge < -0.3 is 20.1 Å². The molecule has 1 aliphatic heterocycles. The number of benzene rings is 2. The zero-order valence-corrected chi connectivity index (χ0v) is 18.0. The minimum Gasteiger partial charge on any atom is -0.454 e. The van der Waals surface area contributed by atoms with Gasteiger partial charge in [0.25, 0.3) is 0 Å². The number of rotatable bonds is 6. The Bertz CT molecular complexity index is 1070. The van der Waals surface area contributed by atoms with E-state index in [2.05, 4.69) is 40.7 Å². The molecule has 4 rings (SSSR count). The number of fused-ring (bicyclic) bond motifs is 1. The monoisotopic (exact) mass is 448 g/mol. The maximum atomic E-state index is 12.3. The van der Waals surface area contributed by atoms with Crippen molar-refractivity contribution in [2.45, 2.75) is 18.2 Å². The Morgan fingerprint density at radius 3 is 2.83 bits per heavy atom. The Morgan fingerprint density at radius 1 is 1.21 bits per heavy atom. The summed E-state index contributed by atoms with van der Waals surface area (Å²) < 4.78 is 11.3. The Morgan fingerprint density at radius 2 is 2.00 bits per heavy atom. The number of aryl methyl sites for hydroxylation is 1.